The second-order valence-corrected chi connectivity index (χ2v) is 6.56. The summed E-state index contributed by atoms with van der Waals surface area (Å²) < 4.78 is 106. The summed E-state index contributed by atoms with van der Waals surface area (Å²) in [6, 6.07) is 1.78. The van der Waals surface area contributed by atoms with Gasteiger partial charge in [-0.05, 0) is 35.4 Å². The summed E-state index contributed by atoms with van der Waals surface area (Å²) in [5.74, 6) is -6.84. The van der Waals surface area contributed by atoms with Crippen LogP contribution >= 0.6 is 23.2 Å². The summed E-state index contributed by atoms with van der Waals surface area (Å²) in [7, 11) is 0. The van der Waals surface area contributed by atoms with Gasteiger partial charge in [0.2, 0.25) is 0 Å². The highest BCUT2D eigenvalue weighted by molar-refractivity contribution is 6.37. The maximum absolute atomic E-state index is 13.1. The van der Waals surface area contributed by atoms with Crippen LogP contribution in [-0.2, 0) is 6.61 Å². The normalized spacial score (nSPS) is 13.0. The van der Waals surface area contributed by atoms with Crippen LogP contribution in [-0.4, -0.2) is 24.4 Å². The topological polar surface area (TPSA) is 33.6 Å². The van der Waals surface area contributed by atoms with Crippen molar-refractivity contribution in [1.29, 1.82) is 0 Å². The maximum Gasteiger partial charge on any atom is 0.462 e. The molecule has 3 nitrogen and oxygen atoms in total. The second kappa shape index (κ2) is 8.84. The molecule has 0 aliphatic heterocycles. The molecule has 0 fully saturated rings. The summed E-state index contributed by atoms with van der Waals surface area (Å²) in [6.07, 6.45) is -5.98. The first-order valence-corrected chi connectivity index (χ1v) is 8.49. The highest BCUT2D eigenvalue weighted by atomic mass is 35.5. The number of hydrazone groups is 1. The summed E-state index contributed by atoms with van der Waals surface area (Å²) in [4.78, 5) is 0. The molecule has 164 valence electrons. The molecular weight excluding hydrogens is 471 g/mol. The maximum atomic E-state index is 13.1. The van der Waals surface area contributed by atoms with Crippen LogP contribution in [0.4, 0.5) is 35.1 Å². The molecule has 0 amide bonds. The summed E-state index contributed by atoms with van der Waals surface area (Å²) in [5, 5.41) is 2.46. The predicted octanol–water partition coefficient (Wildman–Crippen LogP) is 6.43. The molecule has 13 heteroatoms. The largest absolute Gasteiger partial charge is 0.486 e. The van der Waals surface area contributed by atoms with Gasteiger partial charge in [-0.15, -0.1) is 0 Å². The summed E-state index contributed by atoms with van der Waals surface area (Å²) >= 11 is 11.9. The molecule has 0 saturated carbocycles. The first-order valence-electron chi connectivity index (χ1n) is 7.73. The van der Waals surface area contributed by atoms with Crippen LogP contribution in [0, 0.1) is 5.82 Å². The van der Waals surface area contributed by atoms with Crippen molar-refractivity contribution >= 4 is 29.4 Å². The minimum atomic E-state index is -6.49. The third-order valence-electron chi connectivity index (χ3n) is 3.49. The van der Waals surface area contributed by atoms with E-state index in [9.17, 15) is 35.1 Å². The molecule has 0 radical (unpaired) electrons. The van der Waals surface area contributed by atoms with Crippen molar-refractivity contribution in [3.05, 3.63) is 63.4 Å². The van der Waals surface area contributed by atoms with Crippen molar-refractivity contribution in [1.82, 2.24) is 5.43 Å². The van der Waals surface area contributed by atoms with E-state index in [2.05, 4.69) is 5.10 Å². The standard InChI is InChI=1S/C17H10Cl2F8N2O/c18-12-5-10(7-28-29-17(26,27)15(21,22)16(23,24)25)6-13(19)14(12)30-8-9-1-3-11(20)4-2-9/h1-7,29H,8H2/b28-7+. The molecule has 0 aromatic heterocycles. The van der Waals surface area contributed by atoms with Crippen LogP contribution in [0.15, 0.2) is 41.5 Å². The Morgan fingerprint density at radius 3 is 1.97 bits per heavy atom. The number of ether oxygens (including phenoxy) is 1. The van der Waals surface area contributed by atoms with Crippen LogP contribution in [0.25, 0.3) is 0 Å². The van der Waals surface area contributed by atoms with Crippen LogP contribution in [0.1, 0.15) is 11.1 Å². The molecule has 2 aromatic carbocycles. The number of halogens is 10. The van der Waals surface area contributed by atoms with Gasteiger partial charge < -0.3 is 4.74 Å². The zero-order valence-corrected chi connectivity index (χ0v) is 15.9. The monoisotopic (exact) mass is 480 g/mol. The average Bonchev–Trinajstić information content (AvgIpc) is 2.61. The van der Waals surface area contributed by atoms with E-state index in [4.69, 9.17) is 27.9 Å². The lowest BCUT2D eigenvalue weighted by Crippen LogP contribution is -2.58. The Morgan fingerprint density at radius 1 is 0.933 bits per heavy atom. The second-order valence-electron chi connectivity index (χ2n) is 5.75. The number of hydrogen-bond acceptors (Lipinski definition) is 3. The number of hydrogen-bond donors (Lipinski definition) is 1. The van der Waals surface area contributed by atoms with Gasteiger partial charge in [-0.3, -0.25) is 0 Å². The van der Waals surface area contributed by atoms with E-state index < -0.39 is 24.0 Å². The van der Waals surface area contributed by atoms with Crippen LogP contribution in [0.5, 0.6) is 5.75 Å². The zero-order valence-electron chi connectivity index (χ0n) is 14.4. The quantitative estimate of drug-likeness (QED) is 0.214. The molecule has 2 aromatic rings. The van der Waals surface area contributed by atoms with Gasteiger partial charge in [-0.2, -0.15) is 35.8 Å². The average molecular weight is 481 g/mol. The Hall–Kier alpha value is -2.27. The lowest BCUT2D eigenvalue weighted by atomic mass is 10.2. The first-order chi connectivity index (χ1) is 13.7. The number of benzene rings is 2. The Balaban J connectivity index is 2.10. The van der Waals surface area contributed by atoms with E-state index in [0.29, 0.717) is 17.2 Å². The van der Waals surface area contributed by atoms with E-state index >= 15 is 0 Å². The lowest BCUT2D eigenvalue weighted by Gasteiger charge is -2.27. The molecule has 0 bridgehead atoms. The van der Waals surface area contributed by atoms with Crippen molar-refractivity contribution in [2.45, 2.75) is 24.8 Å². The van der Waals surface area contributed by atoms with E-state index in [1.165, 1.54) is 24.3 Å². The molecule has 0 atom stereocenters. The third-order valence-corrected chi connectivity index (χ3v) is 4.05. The van der Waals surface area contributed by atoms with E-state index in [1.807, 2.05) is 0 Å². The molecule has 2 rings (SSSR count). The predicted molar refractivity (Wildman–Crippen MR) is 93.9 cm³/mol. The van der Waals surface area contributed by atoms with Crippen LogP contribution in [0.3, 0.4) is 0 Å². The Bertz CT molecular complexity index is 894. The zero-order chi connectivity index (χ0) is 22.7. The Morgan fingerprint density at radius 2 is 1.47 bits per heavy atom. The summed E-state index contributed by atoms with van der Waals surface area (Å²) in [5.41, 5.74) is 0.953. The fourth-order valence-corrected chi connectivity index (χ4v) is 2.58. The van der Waals surface area contributed by atoms with Crippen molar-refractivity contribution in [2.24, 2.45) is 5.10 Å². The van der Waals surface area contributed by atoms with Crippen molar-refractivity contribution in [2.75, 3.05) is 0 Å². The fraction of sp³-hybridized carbons (Fsp3) is 0.235. The molecular formula is C17H10Cl2F8N2O. The number of nitrogens with one attached hydrogen (secondary N) is 1. The number of alkyl halides is 7. The highest BCUT2D eigenvalue weighted by Crippen LogP contribution is 2.45. The minimum Gasteiger partial charge on any atom is -0.486 e. The van der Waals surface area contributed by atoms with Crippen molar-refractivity contribution in [3.63, 3.8) is 0 Å². The molecule has 0 aliphatic rings. The third kappa shape index (κ3) is 5.45. The first kappa shape index (κ1) is 24.0. The lowest BCUT2D eigenvalue weighted by molar-refractivity contribution is -0.361. The Kier molecular flexibility index (Phi) is 7.08. The molecule has 0 saturated heterocycles. The molecule has 0 unspecified atom stereocenters. The van der Waals surface area contributed by atoms with E-state index in [0.717, 1.165) is 12.1 Å². The van der Waals surface area contributed by atoms with Crippen LogP contribution < -0.4 is 10.2 Å². The van der Waals surface area contributed by atoms with Gasteiger partial charge in [0.15, 0.2) is 5.75 Å². The molecule has 30 heavy (non-hydrogen) atoms. The van der Waals surface area contributed by atoms with Gasteiger partial charge in [-0.1, -0.05) is 35.3 Å². The molecule has 1 N–H and O–H groups in total. The van der Waals surface area contributed by atoms with Crippen LogP contribution in [0.2, 0.25) is 10.0 Å². The fourth-order valence-electron chi connectivity index (χ4n) is 1.96. The van der Waals surface area contributed by atoms with E-state index in [1.54, 1.807) is 0 Å². The van der Waals surface area contributed by atoms with E-state index in [-0.39, 0.29) is 28.0 Å². The van der Waals surface area contributed by atoms with Gasteiger partial charge in [0.25, 0.3) is 0 Å². The molecule has 0 heterocycles. The molecule has 0 aliphatic carbocycles. The van der Waals surface area contributed by atoms with Crippen molar-refractivity contribution in [3.8, 4) is 5.75 Å². The van der Waals surface area contributed by atoms with Gasteiger partial charge >= 0.3 is 18.1 Å². The highest BCUT2D eigenvalue weighted by Gasteiger charge is 2.73. The Labute approximate surface area is 174 Å². The number of rotatable bonds is 7. The van der Waals surface area contributed by atoms with Gasteiger partial charge in [0.1, 0.15) is 12.4 Å². The van der Waals surface area contributed by atoms with Crippen molar-refractivity contribution < 1.29 is 39.9 Å². The van der Waals surface area contributed by atoms with Gasteiger partial charge in [-0.25, -0.2) is 9.82 Å². The number of nitrogens with zero attached hydrogens (tertiary/aromatic N) is 1. The van der Waals surface area contributed by atoms with Gasteiger partial charge in [0, 0.05) is 0 Å². The van der Waals surface area contributed by atoms with Gasteiger partial charge in [0.05, 0.1) is 16.3 Å². The smallest absolute Gasteiger partial charge is 0.462 e. The molecule has 0 spiro atoms. The SMILES string of the molecule is Fc1ccc(COc2c(Cl)cc(/C=N/NC(F)(F)C(F)(F)C(F)(F)F)cc2Cl)cc1. The summed E-state index contributed by atoms with van der Waals surface area (Å²) in [6.45, 7) is -0.0482. The minimum absolute atomic E-state index is 0.0262.